The van der Waals surface area contributed by atoms with Gasteiger partial charge in [0, 0.05) is 15.8 Å². The average Bonchev–Trinajstić information content (AvgIpc) is 2.80. The molecule has 6 nitrogen and oxygen atoms in total. The summed E-state index contributed by atoms with van der Waals surface area (Å²) in [5.74, 6) is -2.61. The van der Waals surface area contributed by atoms with Crippen LogP contribution in [0.15, 0.2) is 34.2 Å². The summed E-state index contributed by atoms with van der Waals surface area (Å²) in [5, 5.41) is 3.39. The lowest BCUT2D eigenvalue weighted by molar-refractivity contribution is -0.153. The number of benzene rings is 1. The van der Waals surface area contributed by atoms with E-state index < -0.39 is 39.6 Å². The third kappa shape index (κ3) is 5.13. The van der Waals surface area contributed by atoms with E-state index in [2.05, 4.69) is 21.2 Å². The quantitative estimate of drug-likeness (QED) is 0.740. The van der Waals surface area contributed by atoms with Gasteiger partial charge in [0.2, 0.25) is 0 Å². The van der Waals surface area contributed by atoms with Gasteiger partial charge in [-0.15, -0.1) is 0 Å². The van der Waals surface area contributed by atoms with Gasteiger partial charge in [0.1, 0.15) is 5.82 Å². The molecule has 0 saturated carbocycles. The van der Waals surface area contributed by atoms with E-state index in [9.17, 15) is 22.4 Å². The molecule has 1 aliphatic heterocycles. The Morgan fingerprint density at radius 2 is 2.17 bits per heavy atom. The number of esters is 1. The molecule has 1 aromatic rings. The van der Waals surface area contributed by atoms with Gasteiger partial charge in [-0.1, -0.05) is 22.0 Å². The van der Waals surface area contributed by atoms with Crippen molar-refractivity contribution in [3.63, 3.8) is 0 Å². The summed E-state index contributed by atoms with van der Waals surface area (Å²) in [6.45, 7) is 1.35. The summed E-state index contributed by atoms with van der Waals surface area (Å²) < 4.78 is 41.7. The molecule has 0 saturated heterocycles. The number of nitrogens with one attached hydrogen (secondary N) is 1. The standard InChI is InChI=1S/C15H15BrFNO5S/c1-9(15(20)18-13-3-2-11(16)7-12(13)17)23-14(19)6-10-4-5-24(21,22)8-10/h2-5,7,9-10H,6,8H2,1H3,(H,18,20). The first kappa shape index (κ1) is 18.6. The molecule has 9 heteroatoms. The Hall–Kier alpha value is -1.74. The van der Waals surface area contributed by atoms with Crippen molar-refractivity contribution in [3.05, 3.63) is 40.0 Å². The van der Waals surface area contributed by atoms with Crippen molar-refractivity contribution < 1.29 is 27.1 Å². The predicted octanol–water partition coefficient (Wildman–Crippen LogP) is 2.41. The Kier molecular flexibility index (Phi) is 5.76. The van der Waals surface area contributed by atoms with Gasteiger partial charge in [0.25, 0.3) is 5.91 Å². The molecule has 1 aromatic carbocycles. The zero-order valence-corrected chi connectivity index (χ0v) is 15.1. The van der Waals surface area contributed by atoms with E-state index in [1.165, 1.54) is 25.1 Å². The fourth-order valence-corrected chi connectivity index (χ4v) is 3.84. The van der Waals surface area contributed by atoms with Crippen molar-refractivity contribution in [2.45, 2.75) is 19.4 Å². The van der Waals surface area contributed by atoms with E-state index in [0.29, 0.717) is 4.47 Å². The zero-order chi connectivity index (χ0) is 17.9. The number of ether oxygens (including phenoxy) is 1. The van der Waals surface area contributed by atoms with Crippen molar-refractivity contribution in [2.24, 2.45) is 5.92 Å². The molecule has 0 bridgehead atoms. The molecule has 2 atom stereocenters. The van der Waals surface area contributed by atoms with Crippen molar-refractivity contribution in [1.29, 1.82) is 0 Å². The second kappa shape index (κ2) is 7.43. The summed E-state index contributed by atoms with van der Waals surface area (Å²) >= 11 is 3.10. The normalized spacial score (nSPS) is 19.7. The summed E-state index contributed by atoms with van der Waals surface area (Å²) in [7, 11) is -3.25. The van der Waals surface area contributed by atoms with Crippen molar-refractivity contribution >= 4 is 43.3 Å². The lowest BCUT2D eigenvalue weighted by Crippen LogP contribution is -2.30. The minimum Gasteiger partial charge on any atom is -0.453 e. The van der Waals surface area contributed by atoms with Crippen LogP contribution in [0.3, 0.4) is 0 Å². The largest absolute Gasteiger partial charge is 0.453 e. The number of hydrogen-bond donors (Lipinski definition) is 1. The van der Waals surface area contributed by atoms with Gasteiger partial charge in [-0.05, 0) is 25.1 Å². The number of sulfone groups is 1. The molecular formula is C15H15BrFNO5S. The summed E-state index contributed by atoms with van der Waals surface area (Å²) in [4.78, 5) is 23.7. The van der Waals surface area contributed by atoms with E-state index in [0.717, 1.165) is 5.41 Å². The van der Waals surface area contributed by atoms with Gasteiger partial charge in [0.15, 0.2) is 15.9 Å². The molecule has 1 aliphatic rings. The first-order valence-electron chi connectivity index (χ1n) is 7.02. The van der Waals surface area contributed by atoms with Crippen LogP contribution >= 0.6 is 15.9 Å². The molecule has 0 aliphatic carbocycles. The van der Waals surface area contributed by atoms with Gasteiger partial charge in [-0.3, -0.25) is 9.59 Å². The minimum atomic E-state index is -3.25. The second-order valence-corrected chi connectivity index (χ2v) is 8.21. The highest BCUT2D eigenvalue weighted by atomic mass is 79.9. The van der Waals surface area contributed by atoms with Crippen LogP contribution in [-0.2, 0) is 24.2 Å². The van der Waals surface area contributed by atoms with Crippen molar-refractivity contribution in [1.82, 2.24) is 0 Å². The molecule has 2 rings (SSSR count). The van der Waals surface area contributed by atoms with Gasteiger partial charge in [-0.2, -0.15) is 0 Å². The maximum Gasteiger partial charge on any atom is 0.307 e. The third-order valence-electron chi connectivity index (χ3n) is 3.30. The smallest absolute Gasteiger partial charge is 0.307 e. The van der Waals surface area contributed by atoms with Crippen molar-refractivity contribution in [3.8, 4) is 0 Å². The van der Waals surface area contributed by atoms with Crippen LogP contribution in [0.4, 0.5) is 10.1 Å². The van der Waals surface area contributed by atoms with E-state index in [4.69, 9.17) is 4.74 Å². The minimum absolute atomic E-state index is 0.0316. The first-order chi connectivity index (χ1) is 11.2. The van der Waals surface area contributed by atoms with Crippen LogP contribution in [0.25, 0.3) is 0 Å². The molecule has 0 spiro atoms. The number of rotatable bonds is 5. The lowest BCUT2D eigenvalue weighted by atomic mass is 10.1. The fourth-order valence-electron chi connectivity index (χ4n) is 2.11. The van der Waals surface area contributed by atoms with E-state index in [1.54, 1.807) is 6.07 Å². The molecule has 0 fully saturated rings. The summed E-state index contributed by atoms with van der Waals surface area (Å²) in [6.07, 6.45) is 0.154. The first-order valence-corrected chi connectivity index (χ1v) is 9.53. The van der Waals surface area contributed by atoms with Crippen LogP contribution < -0.4 is 5.32 Å². The van der Waals surface area contributed by atoms with Gasteiger partial charge in [-0.25, -0.2) is 12.8 Å². The molecule has 24 heavy (non-hydrogen) atoms. The topological polar surface area (TPSA) is 89.5 Å². The molecule has 1 amide bonds. The van der Waals surface area contributed by atoms with Crippen LogP contribution in [0.1, 0.15) is 13.3 Å². The Labute approximate surface area is 147 Å². The molecule has 1 heterocycles. The molecule has 0 aromatic heterocycles. The Balaban J connectivity index is 1.87. The molecule has 130 valence electrons. The van der Waals surface area contributed by atoms with E-state index in [-0.39, 0.29) is 17.9 Å². The zero-order valence-electron chi connectivity index (χ0n) is 12.7. The number of carbonyl (C=O) groups excluding carboxylic acids is 2. The predicted molar refractivity (Wildman–Crippen MR) is 89.3 cm³/mol. The fraction of sp³-hybridized carbons (Fsp3) is 0.333. The Morgan fingerprint density at radius 1 is 1.46 bits per heavy atom. The molecule has 1 N–H and O–H groups in total. The van der Waals surface area contributed by atoms with E-state index in [1.807, 2.05) is 0 Å². The average molecular weight is 420 g/mol. The highest BCUT2D eigenvalue weighted by Gasteiger charge is 2.26. The summed E-state index contributed by atoms with van der Waals surface area (Å²) in [6, 6.07) is 4.13. The van der Waals surface area contributed by atoms with E-state index >= 15 is 0 Å². The Bertz CT molecular complexity index is 793. The van der Waals surface area contributed by atoms with Crippen LogP contribution in [0.5, 0.6) is 0 Å². The molecule has 0 radical (unpaired) electrons. The maximum absolute atomic E-state index is 13.7. The monoisotopic (exact) mass is 419 g/mol. The number of amides is 1. The maximum atomic E-state index is 13.7. The second-order valence-electron chi connectivity index (χ2n) is 5.37. The highest BCUT2D eigenvalue weighted by Crippen LogP contribution is 2.21. The summed E-state index contributed by atoms with van der Waals surface area (Å²) in [5.41, 5.74) is -0.0316. The van der Waals surface area contributed by atoms with Crippen molar-refractivity contribution in [2.75, 3.05) is 11.1 Å². The SMILES string of the molecule is CC(OC(=O)CC1C=CS(=O)(=O)C1)C(=O)Nc1ccc(Br)cc1F. The van der Waals surface area contributed by atoms with Gasteiger partial charge >= 0.3 is 5.97 Å². The van der Waals surface area contributed by atoms with Crippen LogP contribution in [-0.4, -0.2) is 32.2 Å². The lowest BCUT2D eigenvalue weighted by Gasteiger charge is -2.15. The van der Waals surface area contributed by atoms with Crippen LogP contribution in [0.2, 0.25) is 0 Å². The molecule has 2 unspecified atom stereocenters. The number of carbonyl (C=O) groups is 2. The molecular weight excluding hydrogens is 405 g/mol. The van der Waals surface area contributed by atoms with Crippen LogP contribution in [0, 0.1) is 11.7 Å². The third-order valence-corrected chi connectivity index (χ3v) is 5.26. The number of halogens is 2. The van der Waals surface area contributed by atoms with Gasteiger partial charge < -0.3 is 10.1 Å². The number of allylic oxidation sites excluding steroid dienone is 1. The number of hydrogen-bond acceptors (Lipinski definition) is 5. The van der Waals surface area contributed by atoms with Gasteiger partial charge in [0.05, 0.1) is 17.9 Å². The number of anilines is 1. The Morgan fingerprint density at radius 3 is 2.75 bits per heavy atom. The highest BCUT2D eigenvalue weighted by molar-refractivity contribution is 9.10.